The van der Waals surface area contributed by atoms with Crippen LogP contribution in [-0.2, 0) is 0 Å². The normalized spacial score (nSPS) is 7.17. The van der Waals surface area contributed by atoms with Crippen molar-refractivity contribution in [2.24, 2.45) is 0 Å². The SMILES string of the molecule is C=C[SiH](C)C.[H-].[K+]. The first kappa shape index (κ1) is 10.6. The molecule has 0 aromatic heterocycles. The maximum absolute atomic E-state index is 3.62. The monoisotopic (exact) mass is 126 g/mol. The Hall–Kier alpha value is 1.59. The summed E-state index contributed by atoms with van der Waals surface area (Å²) < 4.78 is 0. The average Bonchev–Trinajstić information content (AvgIpc) is 1.38. The molecule has 0 aliphatic heterocycles. The summed E-state index contributed by atoms with van der Waals surface area (Å²) in [7, 11) is -0.386. The molecular formula is C4H11KSi. The van der Waals surface area contributed by atoms with Crippen molar-refractivity contribution in [1.29, 1.82) is 0 Å². The molecule has 0 saturated heterocycles. The van der Waals surface area contributed by atoms with Gasteiger partial charge in [-0.1, -0.05) is 13.1 Å². The Bertz CT molecular complexity index is 38.7. The Kier molecular flexibility index (Phi) is 11.6. The molecule has 2 heteroatoms. The molecule has 0 aliphatic carbocycles. The Morgan fingerprint density at radius 2 is 1.83 bits per heavy atom. The van der Waals surface area contributed by atoms with Gasteiger partial charge in [-0.05, 0) is 0 Å². The van der Waals surface area contributed by atoms with E-state index in [9.17, 15) is 0 Å². The van der Waals surface area contributed by atoms with Crippen molar-refractivity contribution in [3.8, 4) is 0 Å². The van der Waals surface area contributed by atoms with E-state index < -0.39 is 0 Å². The third kappa shape index (κ3) is 9.14. The minimum absolute atomic E-state index is 0. The molecule has 0 N–H and O–H groups in total. The zero-order chi connectivity index (χ0) is 4.28. The summed E-state index contributed by atoms with van der Waals surface area (Å²) in [5, 5.41) is 0. The molecule has 0 spiro atoms. The van der Waals surface area contributed by atoms with Crippen LogP contribution in [-0.4, -0.2) is 8.80 Å². The summed E-state index contributed by atoms with van der Waals surface area (Å²) in [6.45, 7) is 8.11. The molecule has 0 unspecified atom stereocenters. The van der Waals surface area contributed by atoms with Gasteiger partial charge < -0.3 is 1.43 Å². The van der Waals surface area contributed by atoms with Gasteiger partial charge in [0, 0.05) is 0 Å². The molecule has 0 radical (unpaired) electrons. The molecule has 0 amide bonds. The first-order chi connectivity index (χ1) is 2.27. The molecule has 0 atom stereocenters. The van der Waals surface area contributed by atoms with Gasteiger partial charge >= 0.3 is 51.4 Å². The van der Waals surface area contributed by atoms with Gasteiger partial charge in [-0.25, -0.2) is 0 Å². The van der Waals surface area contributed by atoms with Crippen LogP contribution in [0.15, 0.2) is 12.3 Å². The van der Waals surface area contributed by atoms with Gasteiger partial charge in [0.05, 0.1) is 8.80 Å². The zero-order valence-electron chi connectivity index (χ0n) is 5.86. The number of hydrogen-bond donors (Lipinski definition) is 0. The maximum atomic E-state index is 3.62. The van der Waals surface area contributed by atoms with Crippen LogP contribution in [0.5, 0.6) is 0 Å². The van der Waals surface area contributed by atoms with Gasteiger partial charge in [0.15, 0.2) is 0 Å². The van der Waals surface area contributed by atoms with E-state index in [1.807, 2.05) is 0 Å². The molecule has 0 bridgehead atoms. The number of hydrogen-bond acceptors (Lipinski definition) is 0. The smallest absolute Gasteiger partial charge is 1.00 e. The predicted octanol–water partition coefficient (Wildman–Crippen LogP) is -1.69. The van der Waals surface area contributed by atoms with Gasteiger partial charge in [-0.15, -0.1) is 12.3 Å². The third-order valence-electron chi connectivity index (χ3n) is 0.471. The standard InChI is InChI=1S/C4H10Si.K.H/c1-4-5(2)3;;/h4-5H,1H2,2-3H3;;/q;+1;-1. The van der Waals surface area contributed by atoms with Gasteiger partial charge in [-0.2, -0.15) is 0 Å². The van der Waals surface area contributed by atoms with Crippen LogP contribution < -0.4 is 51.4 Å². The molecule has 0 rings (SSSR count). The first-order valence-corrected chi connectivity index (χ1v) is 4.87. The molecule has 6 heavy (non-hydrogen) atoms. The summed E-state index contributed by atoms with van der Waals surface area (Å²) in [6, 6.07) is 0. The van der Waals surface area contributed by atoms with Crippen LogP contribution in [0.4, 0.5) is 0 Å². The van der Waals surface area contributed by atoms with Crippen LogP contribution in [0.25, 0.3) is 0 Å². The first-order valence-electron chi connectivity index (χ1n) is 1.90. The van der Waals surface area contributed by atoms with Crippen LogP contribution in [0.3, 0.4) is 0 Å². The van der Waals surface area contributed by atoms with Gasteiger partial charge in [0.2, 0.25) is 0 Å². The summed E-state index contributed by atoms with van der Waals surface area (Å²) >= 11 is 0. The predicted molar refractivity (Wildman–Crippen MR) is 30.2 cm³/mol. The molecule has 0 fully saturated rings. The molecule has 0 nitrogen and oxygen atoms in total. The molecule has 32 valence electrons. The largest absolute Gasteiger partial charge is 1.00 e. The Morgan fingerprint density at radius 1 is 1.67 bits per heavy atom. The third-order valence-corrected chi connectivity index (χ3v) is 1.41. The van der Waals surface area contributed by atoms with Crippen LogP contribution in [0.2, 0.25) is 13.1 Å². The van der Waals surface area contributed by atoms with Crippen molar-refractivity contribution in [3.63, 3.8) is 0 Å². The summed E-state index contributed by atoms with van der Waals surface area (Å²) in [5.74, 6) is 0. The van der Waals surface area contributed by atoms with E-state index in [1.165, 1.54) is 0 Å². The van der Waals surface area contributed by atoms with Crippen LogP contribution >= 0.6 is 0 Å². The molecule has 0 heterocycles. The van der Waals surface area contributed by atoms with Crippen molar-refractivity contribution >= 4 is 8.80 Å². The second kappa shape index (κ2) is 6.59. The number of rotatable bonds is 1. The van der Waals surface area contributed by atoms with E-state index in [0.29, 0.717) is 0 Å². The molecule has 0 saturated carbocycles. The average molecular weight is 126 g/mol. The second-order valence-corrected chi connectivity index (χ2v) is 4.44. The molecule has 0 aromatic rings. The Balaban J connectivity index is -0.0000000800. The summed E-state index contributed by atoms with van der Waals surface area (Å²) in [5.41, 5.74) is 2.06. The fraction of sp³-hybridized carbons (Fsp3) is 0.500. The minimum Gasteiger partial charge on any atom is -1.00 e. The Labute approximate surface area is 85.5 Å². The van der Waals surface area contributed by atoms with Crippen LogP contribution in [0.1, 0.15) is 1.43 Å². The van der Waals surface area contributed by atoms with Gasteiger partial charge in [-0.3, -0.25) is 0 Å². The molecule has 0 aromatic carbocycles. The van der Waals surface area contributed by atoms with Gasteiger partial charge in [0.1, 0.15) is 0 Å². The van der Waals surface area contributed by atoms with E-state index in [4.69, 9.17) is 0 Å². The fourth-order valence-corrected chi connectivity index (χ4v) is 0. The zero-order valence-corrected chi connectivity index (χ0v) is 9.14. The van der Waals surface area contributed by atoms with Crippen molar-refractivity contribution in [2.75, 3.05) is 0 Å². The Morgan fingerprint density at radius 3 is 1.83 bits per heavy atom. The van der Waals surface area contributed by atoms with E-state index in [2.05, 4.69) is 25.4 Å². The van der Waals surface area contributed by atoms with Crippen molar-refractivity contribution in [3.05, 3.63) is 12.3 Å². The van der Waals surface area contributed by atoms with Crippen molar-refractivity contribution in [1.82, 2.24) is 0 Å². The maximum Gasteiger partial charge on any atom is 1.00 e. The summed E-state index contributed by atoms with van der Waals surface area (Å²) in [6.07, 6.45) is 0. The minimum atomic E-state index is -0.386. The summed E-state index contributed by atoms with van der Waals surface area (Å²) in [4.78, 5) is 0. The fourth-order valence-electron chi connectivity index (χ4n) is 0. The molecule has 0 aliphatic rings. The topological polar surface area (TPSA) is 0 Å². The van der Waals surface area contributed by atoms with Crippen molar-refractivity contribution in [2.45, 2.75) is 13.1 Å². The quantitative estimate of drug-likeness (QED) is 0.368. The van der Waals surface area contributed by atoms with E-state index in [1.54, 1.807) is 0 Å². The van der Waals surface area contributed by atoms with Crippen LogP contribution in [0, 0.1) is 0 Å². The molecular weight excluding hydrogens is 115 g/mol. The van der Waals surface area contributed by atoms with E-state index in [-0.39, 0.29) is 61.6 Å². The van der Waals surface area contributed by atoms with Gasteiger partial charge in [0.25, 0.3) is 0 Å². The van der Waals surface area contributed by atoms with E-state index >= 15 is 0 Å². The second-order valence-electron chi connectivity index (χ2n) is 1.48. The van der Waals surface area contributed by atoms with E-state index in [0.717, 1.165) is 0 Å². The van der Waals surface area contributed by atoms with Crippen molar-refractivity contribution < 1.29 is 52.8 Å².